The predicted molar refractivity (Wildman–Crippen MR) is 108 cm³/mol. The van der Waals surface area contributed by atoms with Gasteiger partial charge in [0.05, 0.1) is 10.6 Å². The number of nitrogens with zero attached hydrogens (tertiary/aromatic N) is 2. The Kier molecular flexibility index (Phi) is 5.32. The molecule has 4 nitrogen and oxygen atoms in total. The molecule has 1 unspecified atom stereocenters. The zero-order valence-corrected chi connectivity index (χ0v) is 15.9. The van der Waals surface area contributed by atoms with E-state index in [1.54, 1.807) is 23.5 Å². The molecule has 1 aliphatic heterocycles. The monoisotopic (exact) mass is 378 g/mol. The largest absolute Gasteiger partial charge is 0.478 e. The highest BCUT2D eigenvalue weighted by molar-refractivity contribution is 7.09. The zero-order valence-electron chi connectivity index (χ0n) is 15.0. The van der Waals surface area contributed by atoms with Crippen molar-refractivity contribution in [2.75, 3.05) is 13.1 Å². The second-order valence-electron chi connectivity index (χ2n) is 7.07. The third kappa shape index (κ3) is 4.26. The van der Waals surface area contributed by atoms with Gasteiger partial charge < -0.3 is 5.11 Å². The maximum atomic E-state index is 11.4. The highest BCUT2D eigenvalue weighted by Gasteiger charge is 2.23. The van der Waals surface area contributed by atoms with Crippen molar-refractivity contribution in [2.45, 2.75) is 19.4 Å². The first-order valence-electron chi connectivity index (χ1n) is 9.21. The highest BCUT2D eigenvalue weighted by atomic mass is 32.1. The van der Waals surface area contributed by atoms with Crippen LogP contribution < -0.4 is 0 Å². The van der Waals surface area contributed by atoms with Gasteiger partial charge in [0.15, 0.2) is 0 Å². The molecule has 0 amide bonds. The minimum absolute atomic E-state index is 0.342. The van der Waals surface area contributed by atoms with Gasteiger partial charge in [-0.15, -0.1) is 11.3 Å². The van der Waals surface area contributed by atoms with Crippen LogP contribution in [0, 0.1) is 5.92 Å². The molecule has 2 aromatic carbocycles. The Morgan fingerprint density at radius 2 is 2.00 bits per heavy atom. The van der Waals surface area contributed by atoms with E-state index in [0.717, 1.165) is 37.2 Å². The van der Waals surface area contributed by atoms with Gasteiger partial charge in [0, 0.05) is 31.1 Å². The topological polar surface area (TPSA) is 53.4 Å². The van der Waals surface area contributed by atoms with Crippen LogP contribution in [0.5, 0.6) is 0 Å². The van der Waals surface area contributed by atoms with E-state index in [2.05, 4.69) is 22.0 Å². The van der Waals surface area contributed by atoms with Crippen LogP contribution in [0.1, 0.15) is 27.3 Å². The van der Waals surface area contributed by atoms with Crippen LogP contribution in [-0.2, 0) is 13.0 Å². The second kappa shape index (κ2) is 8.03. The fraction of sp³-hybridized carbons (Fsp3) is 0.273. The zero-order chi connectivity index (χ0) is 18.6. The number of rotatable bonds is 6. The molecule has 5 heteroatoms. The average Bonchev–Trinajstić information content (AvgIpc) is 3.35. The van der Waals surface area contributed by atoms with E-state index in [1.807, 2.05) is 35.8 Å². The molecule has 1 aliphatic rings. The molecule has 0 spiro atoms. The van der Waals surface area contributed by atoms with Gasteiger partial charge in [-0.25, -0.2) is 9.78 Å². The third-order valence-electron chi connectivity index (χ3n) is 5.15. The van der Waals surface area contributed by atoms with Crippen LogP contribution in [0.2, 0.25) is 0 Å². The summed E-state index contributed by atoms with van der Waals surface area (Å²) in [7, 11) is 0. The summed E-state index contributed by atoms with van der Waals surface area (Å²) >= 11 is 1.75. The van der Waals surface area contributed by atoms with E-state index < -0.39 is 5.97 Å². The number of carbonyl (C=O) groups is 1. The standard InChI is InChI=1S/C22H22N2O2S/c25-22(26)20-4-2-1-3-19(20)18-7-5-16(6-8-18)14-24-11-9-17(15-24)13-21-23-10-12-27-21/h1-8,10,12,17H,9,11,13-15H2,(H,25,26). The summed E-state index contributed by atoms with van der Waals surface area (Å²) in [6.07, 6.45) is 4.19. The van der Waals surface area contributed by atoms with Crippen molar-refractivity contribution in [1.82, 2.24) is 9.88 Å². The Bertz CT molecular complexity index is 906. The minimum atomic E-state index is -0.891. The number of benzene rings is 2. The van der Waals surface area contributed by atoms with Gasteiger partial charge in [-0.1, -0.05) is 42.5 Å². The van der Waals surface area contributed by atoms with Crippen LogP contribution in [0.25, 0.3) is 11.1 Å². The lowest BCUT2D eigenvalue weighted by Gasteiger charge is -2.16. The average molecular weight is 378 g/mol. The van der Waals surface area contributed by atoms with E-state index in [4.69, 9.17) is 0 Å². The van der Waals surface area contributed by atoms with E-state index in [1.165, 1.54) is 17.0 Å². The Morgan fingerprint density at radius 3 is 2.74 bits per heavy atom. The summed E-state index contributed by atoms with van der Waals surface area (Å²) in [5.41, 5.74) is 3.32. The van der Waals surface area contributed by atoms with Crippen molar-refractivity contribution in [3.8, 4) is 11.1 Å². The maximum absolute atomic E-state index is 11.4. The molecule has 1 atom stereocenters. The summed E-state index contributed by atoms with van der Waals surface area (Å²) in [6, 6.07) is 15.4. The van der Waals surface area contributed by atoms with Crippen molar-refractivity contribution < 1.29 is 9.90 Å². The van der Waals surface area contributed by atoms with Gasteiger partial charge in [-0.05, 0) is 41.6 Å². The fourth-order valence-electron chi connectivity index (χ4n) is 3.79. The van der Waals surface area contributed by atoms with Crippen LogP contribution in [-0.4, -0.2) is 34.0 Å². The number of aromatic carboxylic acids is 1. The van der Waals surface area contributed by atoms with Crippen molar-refractivity contribution in [2.24, 2.45) is 5.92 Å². The molecule has 0 bridgehead atoms. The van der Waals surface area contributed by atoms with Crippen molar-refractivity contribution in [3.63, 3.8) is 0 Å². The smallest absolute Gasteiger partial charge is 0.336 e. The molecule has 2 heterocycles. The molecular weight excluding hydrogens is 356 g/mol. The second-order valence-corrected chi connectivity index (χ2v) is 8.05. The number of hydrogen-bond acceptors (Lipinski definition) is 4. The lowest BCUT2D eigenvalue weighted by Crippen LogP contribution is -2.20. The molecule has 1 aromatic heterocycles. The number of hydrogen-bond donors (Lipinski definition) is 1. The molecule has 0 saturated carbocycles. The van der Waals surface area contributed by atoms with Gasteiger partial charge in [0.25, 0.3) is 0 Å². The Balaban J connectivity index is 1.40. The Labute approximate surface area is 163 Å². The molecule has 27 heavy (non-hydrogen) atoms. The van der Waals surface area contributed by atoms with Gasteiger partial charge >= 0.3 is 5.97 Å². The minimum Gasteiger partial charge on any atom is -0.478 e. The molecule has 1 saturated heterocycles. The van der Waals surface area contributed by atoms with Gasteiger partial charge in [0.1, 0.15) is 0 Å². The Morgan fingerprint density at radius 1 is 1.19 bits per heavy atom. The van der Waals surface area contributed by atoms with Gasteiger partial charge in [-0.3, -0.25) is 4.90 Å². The first-order valence-corrected chi connectivity index (χ1v) is 10.1. The van der Waals surface area contributed by atoms with Gasteiger partial charge in [-0.2, -0.15) is 0 Å². The number of thiazole rings is 1. The van der Waals surface area contributed by atoms with Crippen LogP contribution in [0.4, 0.5) is 0 Å². The van der Waals surface area contributed by atoms with Crippen LogP contribution in [0.3, 0.4) is 0 Å². The molecule has 4 rings (SSSR count). The normalized spacial score (nSPS) is 17.3. The van der Waals surface area contributed by atoms with E-state index in [0.29, 0.717) is 11.5 Å². The van der Waals surface area contributed by atoms with E-state index >= 15 is 0 Å². The van der Waals surface area contributed by atoms with E-state index in [9.17, 15) is 9.90 Å². The molecule has 1 N–H and O–H groups in total. The first-order chi connectivity index (χ1) is 13.2. The number of aromatic nitrogens is 1. The quantitative estimate of drug-likeness (QED) is 0.682. The summed E-state index contributed by atoms with van der Waals surface area (Å²) < 4.78 is 0. The fourth-order valence-corrected chi connectivity index (χ4v) is 4.53. The van der Waals surface area contributed by atoms with Crippen molar-refractivity contribution in [1.29, 1.82) is 0 Å². The van der Waals surface area contributed by atoms with Gasteiger partial charge in [0.2, 0.25) is 0 Å². The molecule has 138 valence electrons. The lowest BCUT2D eigenvalue weighted by molar-refractivity contribution is 0.0697. The van der Waals surface area contributed by atoms with Crippen LogP contribution >= 0.6 is 11.3 Å². The highest BCUT2D eigenvalue weighted by Crippen LogP contribution is 2.26. The number of carboxylic acids is 1. The number of likely N-dealkylation sites (tertiary alicyclic amines) is 1. The Hall–Kier alpha value is -2.50. The summed E-state index contributed by atoms with van der Waals surface area (Å²) in [6.45, 7) is 3.18. The summed E-state index contributed by atoms with van der Waals surface area (Å²) in [5.74, 6) is -0.198. The molecule has 3 aromatic rings. The number of carboxylic acid groups (broad SMARTS) is 1. The summed E-state index contributed by atoms with van der Waals surface area (Å²) in [4.78, 5) is 18.3. The molecule has 0 aliphatic carbocycles. The summed E-state index contributed by atoms with van der Waals surface area (Å²) in [5, 5.41) is 12.7. The lowest BCUT2D eigenvalue weighted by atomic mass is 9.98. The first kappa shape index (κ1) is 17.9. The van der Waals surface area contributed by atoms with Crippen molar-refractivity contribution >= 4 is 17.3 Å². The molecule has 0 radical (unpaired) electrons. The van der Waals surface area contributed by atoms with Crippen LogP contribution in [0.15, 0.2) is 60.1 Å². The maximum Gasteiger partial charge on any atom is 0.336 e. The van der Waals surface area contributed by atoms with E-state index in [-0.39, 0.29) is 0 Å². The SMILES string of the molecule is O=C(O)c1ccccc1-c1ccc(CN2CCC(Cc3nccs3)C2)cc1. The van der Waals surface area contributed by atoms with Crippen molar-refractivity contribution in [3.05, 3.63) is 76.2 Å². The molecule has 1 fully saturated rings. The third-order valence-corrected chi connectivity index (χ3v) is 5.95. The molecular formula is C22H22N2O2S. The predicted octanol–water partition coefficient (Wildman–Crippen LogP) is 4.57.